The van der Waals surface area contributed by atoms with Crippen molar-refractivity contribution in [3.05, 3.63) is 29.0 Å². The second kappa shape index (κ2) is 3.69. The van der Waals surface area contributed by atoms with E-state index in [0.717, 1.165) is 5.56 Å². The Balaban J connectivity index is 3.21. The van der Waals surface area contributed by atoms with E-state index in [4.69, 9.17) is 11.6 Å². The van der Waals surface area contributed by atoms with Crippen molar-refractivity contribution in [1.29, 1.82) is 0 Å². The largest absolute Gasteiger partial charge is 0.244 e. The van der Waals surface area contributed by atoms with Crippen LogP contribution >= 0.6 is 11.6 Å². The first-order valence-corrected chi connectivity index (χ1v) is 4.16. The number of pyridine rings is 1. The summed E-state index contributed by atoms with van der Waals surface area (Å²) in [5.74, 6) is 0. The molecule has 1 rings (SSSR count). The molecule has 0 bridgehead atoms. The number of aromatic nitrogens is 1. The van der Waals surface area contributed by atoms with Crippen molar-refractivity contribution in [3.8, 4) is 0 Å². The first-order valence-electron chi connectivity index (χ1n) is 3.78. The molecule has 1 heterocycles. The third-order valence-electron chi connectivity index (χ3n) is 1.74. The molecule has 0 aliphatic carbocycles. The van der Waals surface area contributed by atoms with Gasteiger partial charge >= 0.3 is 0 Å². The average Bonchev–Trinajstić information content (AvgIpc) is 2.04. The van der Waals surface area contributed by atoms with E-state index < -0.39 is 5.54 Å². The van der Waals surface area contributed by atoms with E-state index in [2.05, 4.69) is 9.98 Å². The Morgan fingerprint density at radius 3 is 2.85 bits per heavy atom. The maximum Gasteiger partial charge on any atom is 0.235 e. The van der Waals surface area contributed by atoms with Gasteiger partial charge in [-0.2, -0.15) is 4.99 Å². The van der Waals surface area contributed by atoms with E-state index in [1.54, 1.807) is 32.2 Å². The van der Waals surface area contributed by atoms with Crippen LogP contribution in [-0.2, 0) is 10.3 Å². The van der Waals surface area contributed by atoms with Crippen molar-refractivity contribution in [2.24, 2.45) is 4.99 Å². The monoisotopic (exact) mass is 196 g/mol. The molecule has 1 aromatic heterocycles. The molecule has 68 valence electrons. The SMILES string of the molecule is CC(C)(N=C=O)c1cccnc1Cl. The van der Waals surface area contributed by atoms with Gasteiger partial charge in [-0.3, -0.25) is 0 Å². The number of halogens is 1. The maximum absolute atomic E-state index is 10.1. The molecule has 0 radical (unpaired) electrons. The molecule has 0 spiro atoms. The van der Waals surface area contributed by atoms with Crippen LogP contribution < -0.4 is 0 Å². The van der Waals surface area contributed by atoms with Crippen molar-refractivity contribution in [2.75, 3.05) is 0 Å². The van der Waals surface area contributed by atoms with Gasteiger partial charge in [-0.1, -0.05) is 17.7 Å². The van der Waals surface area contributed by atoms with Gasteiger partial charge in [0.1, 0.15) is 5.15 Å². The molecule has 13 heavy (non-hydrogen) atoms. The summed E-state index contributed by atoms with van der Waals surface area (Å²) in [6, 6.07) is 3.54. The standard InChI is InChI=1S/C9H9ClN2O/c1-9(2,12-6-13)7-4-3-5-11-8(7)10/h3-5H,1-2H3. The fraction of sp³-hybridized carbons (Fsp3) is 0.333. The lowest BCUT2D eigenvalue weighted by molar-refractivity contribution is 0.522. The minimum atomic E-state index is -0.660. The minimum Gasteiger partial charge on any atom is -0.244 e. The third-order valence-corrected chi connectivity index (χ3v) is 2.04. The second-order valence-corrected chi connectivity index (χ2v) is 3.46. The van der Waals surface area contributed by atoms with E-state index in [-0.39, 0.29) is 0 Å². The summed E-state index contributed by atoms with van der Waals surface area (Å²) in [6.07, 6.45) is 3.11. The van der Waals surface area contributed by atoms with Crippen LogP contribution in [0.25, 0.3) is 0 Å². The Bertz CT molecular complexity index is 356. The second-order valence-electron chi connectivity index (χ2n) is 3.10. The summed E-state index contributed by atoms with van der Waals surface area (Å²) in [6.45, 7) is 3.56. The molecule has 0 saturated carbocycles. The predicted molar refractivity (Wildman–Crippen MR) is 50.4 cm³/mol. The van der Waals surface area contributed by atoms with Gasteiger partial charge in [0.15, 0.2) is 0 Å². The molecule has 0 N–H and O–H groups in total. The fourth-order valence-electron chi connectivity index (χ4n) is 1.02. The van der Waals surface area contributed by atoms with E-state index >= 15 is 0 Å². The number of hydrogen-bond acceptors (Lipinski definition) is 3. The highest BCUT2D eigenvalue weighted by molar-refractivity contribution is 6.30. The predicted octanol–water partition coefficient (Wildman–Crippen LogP) is 2.31. The van der Waals surface area contributed by atoms with Crippen LogP contribution in [0.4, 0.5) is 0 Å². The molecule has 4 heteroatoms. The van der Waals surface area contributed by atoms with E-state index in [0.29, 0.717) is 5.15 Å². The van der Waals surface area contributed by atoms with Gasteiger partial charge in [0.2, 0.25) is 6.08 Å². The maximum atomic E-state index is 10.1. The summed E-state index contributed by atoms with van der Waals surface area (Å²) in [5.41, 5.74) is 0.0626. The molecule has 0 saturated heterocycles. The van der Waals surface area contributed by atoms with Crippen LogP contribution in [0, 0.1) is 0 Å². The average molecular weight is 197 g/mol. The van der Waals surface area contributed by atoms with E-state index in [1.807, 2.05) is 0 Å². The highest BCUT2D eigenvalue weighted by Gasteiger charge is 2.22. The van der Waals surface area contributed by atoms with Gasteiger partial charge in [0.05, 0.1) is 5.54 Å². The fourth-order valence-corrected chi connectivity index (χ4v) is 1.37. The number of carbonyl (C=O) groups excluding carboxylic acids is 1. The number of isocyanates is 1. The Kier molecular flexibility index (Phi) is 2.81. The lowest BCUT2D eigenvalue weighted by Crippen LogP contribution is -2.14. The molecule has 0 aliphatic rings. The van der Waals surface area contributed by atoms with Crippen LogP contribution in [0.5, 0.6) is 0 Å². The van der Waals surface area contributed by atoms with Crippen LogP contribution in [0.2, 0.25) is 5.15 Å². The lowest BCUT2D eigenvalue weighted by atomic mass is 9.97. The molecule has 0 amide bonds. The molecule has 0 unspecified atom stereocenters. The number of rotatable bonds is 2. The molecular weight excluding hydrogens is 188 g/mol. The number of aliphatic imine (C=N–C) groups is 1. The minimum absolute atomic E-state index is 0.367. The molecule has 0 fully saturated rings. The molecule has 0 aliphatic heterocycles. The normalized spacial score (nSPS) is 10.7. The summed E-state index contributed by atoms with van der Waals surface area (Å²) in [5, 5.41) is 0.367. The summed E-state index contributed by atoms with van der Waals surface area (Å²) in [4.78, 5) is 17.7. The van der Waals surface area contributed by atoms with Crippen LogP contribution in [0.3, 0.4) is 0 Å². The number of nitrogens with zero attached hydrogens (tertiary/aromatic N) is 2. The van der Waals surface area contributed by atoms with Gasteiger partial charge in [0, 0.05) is 11.8 Å². The first kappa shape index (κ1) is 9.90. The highest BCUT2D eigenvalue weighted by atomic mass is 35.5. The zero-order valence-electron chi connectivity index (χ0n) is 7.41. The molecular formula is C9H9ClN2O. The van der Waals surface area contributed by atoms with Gasteiger partial charge in [-0.15, -0.1) is 0 Å². The smallest absolute Gasteiger partial charge is 0.235 e. The molecule has 0 aromatic carbocycles. The van der Waals surface area contributed by atoms with E-state index in [9.17, 15) is 4.79 Å². The summed E-state index contributed by atoms with van der Waals surface area (Å²) >= 11 is 5.84. The zero-order valence-corrected chi connectivity index (χ0v) is 8.17. The zero-order chi connectivity index (χ0) is 9.90. The quantitative estimate of drug-likeness (QED) is 0.414. The Hall–Kier alpha value is -1.18. The van der Waals surface area contributed by atoms with Crippen LogP contribution in [-0.4, -0.2) is 11.1 Å². The molecule has 0 atom stereocenters. The highest BCUT2D eigenvalue weighted by Crippen LogP contribution is 2.28. The van der Waals surface area contributed by atoms with Crippen LogP contribution in [0.15, 0.2) is 23.3 Å². The van der Waals surface area contributed by atoms with Crippen molar-refractivity contribution in [3.63, 3.8) is 0 Å². The Morgan fingerprint density at radius 2 is 2.31 bits per heavy atom. The molecule has 3 nitrogen and oxygen atoms in total. The number of hydrogen-bond donors (Lipinski definition) is 0. The summed E-state index contributed by atoms with van der Waals surface area (Å²) < 4.78 is 0. The third kappa shape index (κ3) is 2.14. The van der Waals surface area contributed by atoms with Gasteiger partial charge < -0.3 is 0 Å². The van der Waals surface area contributed by atoms with Crippen molar-refractivity contribution < 1.29 is 4.79 Å². The summed E-state index contributed by atoms with van der Waals surface area (Å²) in [7, 11) is 0. The Morgan fingerprint density at radius 1 is 1.62 bits per heavy atom. The van der Waals surface area contributed by atoms with Gasteiger partial charge in [-0.25, -0.2) is 9.78 Å². The van der Waals surface area contributed by atoms with Crippen molar-refractivity contribution >= 4 is 17.7 Å². The van der Waals surface area contributed by atoms with Crippen molar-refractivity contribution in [2.45, 2.75) is 19.4 Å². The van der Waals surface area contributed by atoms with Crippen LogP contribution in [0.1, 0.15) is 19.4 Å². The molecule has 1 aromatic rings. The van der Waals surface area contributed by atoms with Gasteiger partial charge in [-0.05, 0) is 19.9 Å². The Labute approximate surface area is 81.5 Å². The first-order chi connectivity index (χ1) is 6.08. The lowest BCUT2D eigenvalue weighted by Gasteiger charge is -2.18. The van der Waals surface area contributed by atoms with Gasteiger partial charge in [0.25, 0.3) is 0 Å². The van der Waals surface area contributed by atoms with E-state index in [1.165, 1.54) is 6.08 Å². The topological polar surface area (TPSA) is 42.3 Å². The van der Waals surface area contributed by atoms with Crippen molar-refractivity contribution in [1.82, 2.24) is 4.98 Å².